The van der Waals surface area contributed by atoms with Crippen LogP contribution in [0.15, 0.2) is 49.2 Å². The standard InChI is InChI=1S/C29H40N8O2.C7H12.C2H6/c1-4-25-21-37(27(39)5-2)19-18-35(25)13-7-6-8-23-20-30-29(33-28(23)31-22-38)32-24-9-11-26(12-10-24)36-16-14-34(3)15-17-36;1-3-5-7-6-4-2;1-2/h5-6,8-12,20,22,25H,2,4,7,13-19,21H2,1,3H3,(H2,30,31,32,33,38);1H,4-7H2,2H3;1-2H3/b8-6-;;. The molecule has 262 valence electrons. The van der Waals surface area contributed by atoms with E-state index in [9.17, 15) is 9.59 Å². The molecular formula is C38H58N8O2. The fourth-order valence-corrected chi connectivity index (χ4v) is 5.53. The van der Waals surface area contributed by atoms with Crippen LogP contribution in [0, 0.1) is 12.3 Å². The highest BCUT2D eigenvalue weighted by Crippen LogP contribution is 2.23. The average molecular weight is 659 g/mol. The molecule has 0 bridgehead atoms. The zero-order chi connectivity index (χ0) is 35.1. The Morgan fingerprint density at radius 1 is 1.08 bits per heavy atom. The van der Waals surface area contributed by atoms with Crippen molar-refractivity contribution in [1.82, 2.24) is 24.7 Å². The summed E-state index contributed by atoms with van der Waals surface area (Å²) in [7, 11) is 2.15. The van der Waals surface area contributed by atoms with Crippen molar-refractivity contribution in [2.75, 3.05) is 74.9 Å². The minimum Gasteiger partial charge on any atom is -0.369 e. The monoisotopic (exact) mass is 658 g/mol. The third-order valence-electron chi connectivity index (χ3n) is 8.37. The number of terminal acetylenes is 1. The third kappa shape index (κ3) is 13.5. The van der Waals surface area contributed by atoms with Gasteiger partial charge in [0.2, 0.25) is 18.3 Å². The van der Waals surface area contributed by atoms with Crippen LogP contribution in [0.25, 0.3) is 6.08 Å². The van der Waals surface area contributed by atoms with Crippen molar-refractivity contribution in [2.24, 2.45) is 0 Å². The molecule has 0 saturated carbocycles. The van der Waals surface area contributed by atoms with E-state index in [0.29, 0.717) is 24.2 Å². The summed E-state index contributed by atoms with van der Waals surface area (Å²) in [6.45, 7) is 19.3. The number of likely N-dealkylation sites (N-methyl/N-ethyl adjacent to an activating group) is 1. The van der Waals surface area contributed by atoms with E-state index >= 15 is 0 Å². The lowest BCUT2D eigenvalue weighted by Gasteiger charge is -2.40. The van der Waals surface area contributed by atoms with Crippen LogP contribution in [0.1, 0.15) is 71.8 Å². The SMILES string of the molecule is C#CCCCCC.C=CC(=O)N1CCN(CC/C=C\c2cnc(Nc3ccc(N4CCN(C)CC4)cc3)nc2NC=O)C(CC)C1.CC. The Bertz CT molecular complexity index is 1300. The topological polar surface area (TPSA) is 96.9 Å². The van der Waals surface area contributed by atoms with Crippen LogP contribution in [0.3, 0.4) is 0 Å². The van der Waals surface area contributed by atoms with Gasteiger partial charge in [-0.25, -0.2) is 4.98 Å². The largest absolute Gasteiger partial charge is 0.369 e. The fraction of sp³-hybridized carbons (Fsp3) is 0.526. The summed E-state index contributed by atoms with van der Waals surface area (Å²) >= 11 is 0. The molecule has 2 N–H and O–H groups in total. The second kappa shape index (κ2) is 23.2. The maximum absolute atomic E-state index is 12.0. The number of amides is 2. The first-order valence-corrected chi connectivity index (χ1v) is 17.6. The normalized spacial score (nSPS) is 16.5. The molecule has 2 aliphatic rings. The molecule has 10 heteroatoms. The molecule has 0 radical (unpaired) electrons. The number of anilines is 4. The Hall–Kier alpha value is -4.20. The van der Waals surface area contributed by atoms with Crippen LogP contribution in [-0.2, 0) is 9.59 Å². The van der Waals surface area contributed by atoms with Crippen molar-refractivity contribution in [3.8, 4) is 12.3 Å². The highest BCUT2D eigenvalue weighted by molar-refractivity contribution is 5.87. The van der Waals surface area contributed by atoms with Crippen molar-refractivity contribution in [2.45, 2.75) is 72.3 Å². The van der Waals surface area contributed by atoms with Crippen molar-refractivity contribution >= 4 is 41.5 Å². The Labute approximate surface area is 289 Å². The van der Waals surface area contributed by atoms with Crippen LogP contribution < -0.4 is 15.5 Å². The highest BCUT2D eigenvalue weighted by Gasteiger charge is 2.26. The number of carbonyl (C=O) groups is 2. The summed E-state index contributed by atoms with van der Waals surface area (Å²) < 4.78 is 0. The first kappa shape index (κ1) is 40.0. The number of carbonyl (C=O) groups excluding carboxylic acids is 2. The van der Waals surface area contributed by atoms with E-state index in [-0.39, 0.29) is 5.91 Å². The zero-order valence-corrected chi connectivity index (χ0v) is 30.0. The number of nitrogens with zero attached hydrogens (tertiary/aromatic N) is 6. The van der Waals surface area contributed by atoms with Crippen LogP contribution in [-0.4, -0.2) is 102 Å². The van der Waals surface area contributed by atoms with E-state index in [1.165, 1.54) is 31.0 Å². The molecule has 0 spiro atoms. The lowest BCUT2D eigenvalue weighted by Crippen LogP contribution is -2.54. The molecule has 1 aromatic heterocycles. The summed E-state index contributed by atoms with van der Waals surface area (Å²) in [5.41, 5.74) is 2.83. The molecule has 2 aromatic rings. The lowest BCUT2D eigenvalue weighted by atomic mass is 10.1. The Morgan fingerprint density at radius 3 is 2.44 bits per heavy atom. The summed E-state index contributed by atoms with van der Waals surface area (Å²) in [4.78, 5) is 41.2. The molecule has 1 atom stereocenters. The van der Waals surface area contributed by atoms with Crippen molar-refractivity contribution in [3.63, 3.8) is 0 Å². The summed E-state index contributed by atoms with van der Waals surface area (Å²) in [6.07, 6.45) is 19.3. The summed E-state index contributed by atoms with van der Waals surface area (Å²) in [5, 5.41) is 5.93. The zero-order valence-electron chi connectivity index (χ0n) is 30.0. The number of aromatic nitrogens is 2. The maximum atomic E-state index is 12.0. The van der Waals surface area contributed by atoms with Gasteiger partial charge in [-0.15, -0.1) is 12.3 Å². The van der Waals surface area contributed by atoms with E-state index in [1.54, 1.807) is 6.20 Å². The van der Waals surface area contributed by atoms with Gasteiger partial charge in [0.25, 0.3) is 0 Å². The minimum atomic E-state index is 0.00353. The number of benzene rings is 1. The summed E-state index contributed by atoms with van der Waals surface area (Å²) in [5.74, 6) is 3.48. The van der Waals surface area contributed by atoms with Gasteiger partial charge in [-0.3, -0.25) is 14.5 Å². The average Bonchev–Trinajstić information content (AvgIpc) is 3.12. The van der Waals surface area contributed by atoms with Gasteiger partial charge < -0.3 is 25.3 Å². The number of rotatable bonds is 14. The number of hydrogen-bond donors (Lipinski definition) is 2. The molecule has 2 amide bonds. The Balaban J connectivity index is 0.000000790. The van der Waals surface area contributed by atoms with E-state index in [0.717, 1.165) is 82.9 Å². The molecule has 0 aliphatic carbocycles. The quantitative estimate of drug-likeness (QED) is 0.106. The van der Waals surface area contributed by atoms with Gasteiger partial charge >= 0.3 is 0 Å². The third-order valence-corrected chi connectivity index (χ3v) is 8.37. The van der Waals surface area contributed by atoms with Gasteiger partial charge in [-0.1, -0.05) is 59.3 Å². The van der Waals surface area contributed by atoms with Crippen LogP contribution in [0.5, 0.6) is 0 Å². The smallest absolute Gasteiger partial charge is 0.246 e. The van der Waals surface area contributed by atoms with Gasteiger partial charge in [0.15, 0.2) is 0 Å². The Kier molecular flexibility index (Phi) is 19.3. The number of unbranched alkanes of at least 4 members (excludes halogenated alkanes) is 3. The van der Waals surface area contributed by atoms with Crippen molar-refractivity contribution in [3.05, 3.63) is 54.8 Å². The number of piperazine rings is 2. The molecule has 2 fully saturated rings. The molecule has 4 rings (SSSR count). The number of nitrogens with one attached hydrogen (secondary N) is 2. The molecular weight excluding hydrogens is 600 g/mol. The molecule has 2 aliphatic heterocycles. The molecule has 1 aromatic carbocycles. The molecule has 10 nitrogen and oxygen atoms in total. The minimum absolute atomic E-state index is 0.00353. The Morgan fingerprint density at radius 2 is 1.81 bits per heavy atom. The lowest BCUT2D eigenvalue weighted by molar-refractivity contribution is -0.129. The second-order valence-corrected chi connectivity index (χ2v) is 11.7. The predicted molar refractivity (Wildman–Crippen MR) is 202 cm³/mol. The first-order valence-electron chi connectivity index (χ1n) is 17.6. The van der Waals surface area contributed by atoms with Crippen LogP contribution >= 0.6 is 0 Å². The molecule has 2 saturated heterocycles. The van der Waals surface area contributed by atoms with E-state index in [1.807, 2.05) is 37.0 Å². The number of hydrogen-bond acceptors (Lipinski definition) is 8. The van der Waals surface area contributed by atoms with E-state index in [2.05, 4.69) is 86.9 Å². The first-order chi connectivity index (χ1) is 23.4. The molecule has 1 unspecified atom stereocenters. The van der Waals surface area contributed by atoms with Crippen molar-refractivity contribution < 1.29 is 9.59 Å². The van der Waals surface area contributed by atoms with E-state index < -0.39 is 0 Å². The van der Waals surface area contributed by atoms with Crippen molar-refractivity contribution in [1.29, 1.82) is 0 Å². The predicted octanol–water partition coefficient (Wildman–Crippen LogP) is 6.28. The second-order valence-electron chi connectivity index (χ2n) is 11.7. The van der Waals surface area contributed by atoms with Gasteiger partial charge in [0.05, 0.1) is 0 Å². The molecule has 48 heavy (non-hydrogen) atoms. The summed E-state index contributed by atoms with van der Waals surface area (Å²) in [6, 6.07) is 8.60. The van der Waals surface area contributed by atoms with Gasteiger partial charge in [0, 0.05) is 88.0 Å². The highest BCUT2D eigenvalue weighted by atomic mass is 16.2. The van der Waals surface area contributed by atoms with Gasteiger partial charge in [-0.05, 0) is 56.7 Å². The molecule has 3 heterocycles. The maximum Gasteiger partial charge on any atom is 0.246 e. The van der Waals surface area contributed by atoms with Crippen LogP contribution in [0.4, 0.5) is 23.1 Å². The van der Waals surface area contributed by atoms with Gasteiger partial charge in [0.1, 0.15) is 5.82 Å². The fourth-order valence-electron chi connectivity index (χ4n) is 5.53. The van der Waals surface area contributed by atoms with E-state index in [4.69, 9.17) is 6.42 Å². The van der Waals surface area contributed by atoms with Gasteiger partial charge in [-0.2, -0.15) is 4.98 Å². The van der Waals surface area contributed by atoms with Crippen LogP contribution in [0.2, 0.25) is 0 Å².